The van der Waals surface area contributed by atoms with Crippen molar-refractivity contribution in [3.63, 3.8) is 0 Å². The number of nitrogens with one attached hydrogen (secondary N) is 2. The van der Waals surface area contributed by atoms with Gasteiger partial charge in [0.05, 0.1) is 11.0 Å². The van der Waals surface area contributed by atoms with E-state index in [4.69, 9.17) is 4.74 Å². The Kier molecular flexibility index (Phi) is 6.36. The fraction of sp³-hybridized carbons (Fsp3) is 0.552. The molecular weight excluding hydrogens is 472 g/mol. The van der Waals surface area contributed by atoms with Crippen LogP contribution >= 0.6 is 11.3 Å². The highest BCUT2D eigenvalue weighted by Crippen LogP contribution is 2.60. The zero-order valence-electron chi connectivity index (χ0n) is 20.6. The first-order valence-corrected chi connectivity index (χ1v) is 14.2. The standard InChI is InChI=1S/C29H34N2O4S/c32-24(17-35-28(34)29-13-19-10-20(14-29)12-21(11-19)15-29)31-27-25(22-8-4-5-9-23(22)36-27)26(33)30-16-18-6-2-1-3-7-18/h1-3,6-7,19-21H,4-5,8-17H2,(H,30,33)(H,31,32). The van der Waals surface area contributed by atoms with Crippen LogP contribution in [0.3, 0.4) is 0 Å². The molecule has 2 aromatic rings. The summed E-state index contributed by atoms with van der Waals surface area (Å²) in [5.41, 5.74) is 2.28. The molecule has 4 fully saturated rings. The zero-order chi connectivity index (χ0) is 24.7. The molecule has 190 valence electrons. The number of benzene rings is 1. The van der Waals surface area contributed by atoms with Crippen molar-refractivity contribution in [2.75, 3.05) is 11.9 Å². The summed E-state index contributed by atoms with van der Waals surface area (Å²) < 4.78 is 5.62. The molecule has 7 heteroatoms. The van der Waals surface area contributed by atoms with Gasteiger partial charge in [-0.05, 0) is 93.1 Å². The molecule has 36 heavy (non-hydrogen) atoms. The fourth-order valence-electron chi connectivity index (χ4n) is 7.57. The number of hydrogen-bond acceptors (Lipinski definition) is 5. The van der Waals surface area contributed by atoms with Gasteiger partial charge < -0.3 is 15.4 Å². The van der Waals surface area contributed by atoms with Crippen molar-refractivity contribution < 1.29 is 19.1 Å². The smallest absolute Gasteiger partial charge is 0.312 e. The van der Waals surface area contributed by atoms with E-state index in [0.29, 0.717) is 34.9 Å². The van der Waals surface area contributed by atoms with Gasteiger partial charge in [0.15, 0.2) is 6.61 Å². The minimum Gasteiger partial charge on any atom is -0.455 e. The zero-order valence-corrected chi connectivity index (χ0v) is 21.5. The fourth-order valence-corrected chi connectivity index (χ4v) is 8.87. The normalized spacial score (nSPS) is 27.8. The van der Waals surface area contributed by atoms with E-state index in [1.165, 1.54) is 35.5 Å². The second-order valence-corrected chi connectivity index (χ2v) is 12.5. The van der Waals surface area contributed by atoms with E-state index in [-0.39, 0.29) is 29.8 Å². The van der Waals surface area contributed by atoms with Gasteiger partial charge in [0, 0.05) is 11.4 Å². The Morgan fingerprint density at radius 1 is 0.944 bits per heavy atom. The predicted octanol–water partition coefficient (Wildman–Crippen LogP) is 5.26. The van der Waals surface area contributed by atoms with Gasteiger partial charge in [-0.25, -0.2) is 0 Å². The molecule has 7 rings (SSSR count). The van der Waals surface area contributed by atoms with Crippen LogP contribution in [0.15, 0.2) is 30.3 Å². The summed E-state index contributed by atoms with van der Waals surface area (Å²) >= 11 is 1.49. The molecule has 6 nitrogen and oxygen atoms in total. The predicted molar refractivity (Wildman–Crippen MR) is 139 cm³/mol. The number of anilines is 1. The maximum atomic E-state index is 13.2. The van der Waals surface area contributed by atoms with Crippen molar-refractivity contribution >= 4 is 34.1 Å². The first kappa shape index (κ1) is 23.7. The van der Waals surface area contributed by atoms with Crippen LogP contribution in [0, 0.1) is 23.2 Å². The lowest BCUT2D eigenvalue weighted by Crippen LogP contribution is -2.50. The monoisotopic (exact) mass is 506 g/mol. The molecule has 0 aliphatic heterocycles. The van der Waals surface area contributed by atoms with Crippen LogP contribution in [0.2, 0.25) is 0 Å². The highest BCUT2D eigenvalue weighted by molar-refractivity contribution is 7.17. The average molecular weight is 507 g/mol. The summed E-state index contributed by atoms with van der Waals surface area (Å²) in [5, 5.41) is 6.51. The molecule has 1 aromatic heterocycles. The molecule has 2 amide bonds. The largest absolute Gasteiger partial charge is 0.455 e. The van der Waals surface area contributed by atoms with E-state index in [0.717, 1.165) is 56.1 Å². The maximum Gasteiger partial charge on any atom is 0.312 e. The number of hydrogen-bond donors (Lipinski definition) is 2. The number of carbonyl (C=O) groups is 3. The number of aryl methyl sites for hydroxylation is 1. The summed E-state index contributed by atoms with van der Waals surface area (Å²) in [6.07, 6.45) is 10.4. The molecule has 0 atom stereocenters. The van der Waals surface area contributed by atoms with E-state index in [9.17, 15) is 14.4 Å². The highest BCUT2D eigenvalue weighted by Gasteiger charge is 2.55. The van der Waals surface area contributed by atoms with Crippen LogP contribution in [0.1, 0.15) is 77.7 Å². The molecule has 0 radical (unpaired) electrons. The van der Waals surface area contributed by atoms with Crippen LogP contribution in [-0.2, 0) is 33.7 Å². The van der Waals surface area contributed by atoms with Crippen molar-refractivity contribution in [2.24, 2.45) is 23.2 Å². The van der Waals surface area contributed by atoms with Crippen LogP contribution in [0.4, 0.5) is 5.00 Å². The maximum absolute atomic E-state index is 13.2. The number of ether oxygens (including phenoxy) is 1. The lowest BCUT2D eigenvalue weighted by molar-refractivity contribution is -0.172. The van der Waals surface area contributed by atoms with Gasteiger partial charge in [0.1, 0.15) is 5.00 Å². The molecule has 2 N–H and O–H groups in total. The highest BCUT2D eigenvalue weighted by atomic mass is 32.1. The van der Waals surface area contributed by atoms with Crippen LogP contribution in [0.25, 0.3) is 0 Å². The lowest BCUT2D eigenvalue weighted by Gasteiger charge is -2.55. The van der Waals surface area contributed by atoms with Crippen molar-refractivity contribution in [1.82, 2.24) is 5.32 Å². The molecule has 1 heterocycles. The Balaban J connectivity index is 1.12. The Bertz CT molecular complexity index is 1140. The molecule has 1 aromatic carbocycles. The topological polar surface area (TPSA) is 84.5 Å². The van der Waals surface area contributed by atoms with Gasteiger partial charge in [-0.1, -0.05) is 30.3 Å². The molecule has 5 aliphatic rings. The van der Waals surface area contributed by atoms with Gasteiger partial charge in [-0.2, -0.15) is 0 Å². The molecule has 0 unspecified atom stereocenters. The van der Waals surface area contributed by atoms with Crippen molar-refractivity contribution in [2.45, 2.75) is 70.8 Å². The summed E-state index contributed by atoms with van der Waals surface area (Å²) in [7, 11) is 0. The van der Waals surface area contributed by atoms with E-state index >= 15 is 0 Å². The Morgan fingerprint density at radius 3 is 2.31 bits per heavy atom. The Morgan fingerprint density at radius 2 is 1.61 bits per heavy atom. The van der Waals surface area contributed by atoms with Crippen LogP contribution in [-0.4, -0.2) is 24.4 Å². The second kappa shape index (κ2) is 9.66. The Labute approximate surface area is 216 Å². The minimum atomic E-state index is -0.375. The third-order valence-corrected chi connectivity index (χ3v) is 9.96. The van der Waals surface area contributed by atoms with E-state index in [1.54, 1.807) is 0 Å². The summed E-state index contributed by atoms with van der Waals surface area (Å²) in [6, 6.07) is 9.80. The third kappa shape index (κ3) is 4.58. The first-order valence-electron chi connectivity index (χ1n) is 13.4. The van der Waals surface area contributed by atoms with E-state index < -0.39 is 0 Å². The molecule has 0 spiro atoms. The lowest BCUT2D eigenvalue weighted by atomic mass is 9.49. The molecule has 4 bridgehead atoms. The Hall–Kier alpha value is -2.67. The van der Waals surface area contributed by atoms with Crippen LogP contribution < -0.4 is 10.6 Å². The average Bonchev–Trinajstić information content (AvgIpc) is 3.23. The second-order valence-electron chi connectivity index (χ2n) is 11.4. The molecule has 0 saturated heterocycles. The minimum absolute atomic E-state index is 0.167. The van der Waals surface area contributed by atoms with E-state index in [1.807, 2.05) is 30.3 Å². The SMILES string of the molecule is O=C(COC(=O)C12CC3CC(CC(C3)C1)C2)Nc1sc2c(c1C(=O)NCc1ccccc1)CCCC2. The first-order chi connectivity index (χ1) is 17.5. The number of rotatable bonds is 7. The number of amides is 2. The van der Waals surface area contributed by atoms with E-state index in [2.05, 4.69) is 10.6 Å². The van der Waals surface area contributed by atoms with Crippen molar-refractivity contribution in [3.05, 3.63) is 51.9 Å². The molecular formula is C29H34N2O4S. The number of esters is 1. The quantitative estimate of drug-likeness (QED) is 0.502. The van der Waals surface area contributed by atoms with Gasteiger partial charge in [-0.15, -0.1) is 11.3 Å². The van der Waals surface area contributed by atoms with Crippen molar-refractivity contribution in [3.8, 4) is 0 Å². The molecule has 5 aliphatic carbocycles. The summed E-state index contributed by atoms with van der Waals surface area (Å²) in [4.78, 5) is 40.5. The van der Waals surface area contributed by atoms with Crippen LogP contribution in [0.5, 0.6) is 0 Å². The van der Waals surface area contributed by atoms with Gasteiger partial charge >= 0.3 is 5.97 Å². The third-order valence-electron chi connectivity index (χ3n) is 8.75. The molecule has 4 saturated carbocycles. The van der Waals surface area contributed by atoms with Gasteiger partial charge in [-0.3, -0.25) is 14.4 Å². The van der Waals surface area contributed by atoms with Crippen molar-refractivity contribution in [1.29, 1.82) is 0 Å². The number of fused-ring (bicyclic) bond motifs is 1. The summed E-state index contributed by atoms with van der Waals surface area (Å²) in [5.74, 6) is 1.21. The van der Waals surface area contributed by atoms with Gasteiger partial charge in [0.25, 0.3) is 11.8 Å². The number of carbonyl (C=O) groups excluding carboxylic acids is 3. The van der Waals surface area contributed by atoms with Gasteiger partial charge in [0.2, 0.25) is 0 Å². The summed E-state index contributed by atoms with van der Waals surface area (Å²) in [6.45, 7) is 0.134. The number of thiophene rings is 1.